The standard InChI is InChI=1S/C34H31F6N5O3.2C26H25F6N5O.CH4/c1-24(26-15-28(33(35,36)37)17-29(16-26)34(38,39)40)48-21-32(27-11-7-4-8-12-27)14-13-31(19-41-2,44-22-42-43-23-44)20-45(32)30(46)47-18-25-9-5-3-6-10-25;2*1-18(19-10-21(25(27,28)29)12-22(11-19)26(30,31)32)38-15-24(20-6-4-3-5-7-20)9-8-23(13-33-2,14-34-24)37-16-35-36-17-37;/h3-12,15-17,22-24H,13-14,18-21H2,1H3;2*3-7,10-12,16-18,34H,8-9,13-15H2,1H3;1H4/t24-,31?,32-;18-,23+,24-;18-,23-,24-;/m111./s1. The highest BCUT2D eigenvalue weighted by Crippen LogP contribution is 2.49. The van der Waals surface area contributed by atoms with Crippen molar-refractivity contribution >= 4 is 6.09 Å². The number of rotatable bonds is 23. The van der Waals surface area contributed by atoms with Gasteiger partial charge in [0, 0.05) is 13.1 Å². The summed E-state index contributed by atoms with van der Waals surface area (Å²) in [5.74, 6) is 0. The minimum atomic E-state index is -5.03. The molecule has 2 N–H and O–H groups in total. The van der Waals surface area contributed by atoms with E-state index in [1.54, 1.807) is 93.6 Å². The second kappa shape index (κ2) is 38.8. The predicted octanol–water partition coefficient (Wildman–Crippen LogP) is 20.6. The van der Waals surface area contributed by atoms with Gasteiger partial charge in [-0.05, 0) is 153 Å². The van der Waals surface area contributed by atoms with E-state index in [2.05, 4.69) is 55.8 Å². The van der Waals surface area contributed by atoms with Gasteiger partial charge in [-0.15, -0.1) is 30.6 Å². The number of hydrogen-bond acceptors (Lipinski definition) is 13. The van der Waals surface area contributed by atoms with Gasteiger partial charge in [0.2, 0.25) is 19.6 Å². The van der Waals surface area contributed by atoms with Crippen molar-refractivity contribution in [1.82, 2.24) is 59.8 Å². The Balaban J connectivity index is 0.000000197. The zero-order chi connectivity index (χ0) is 89.8. The second-order valence-electron chi connectivity index (χ2n) is 30.7. The molecule has 6 heterocycles. The molecule has 0 radical (unpaired) electrons. The number of amides is 1. The molecule has 1 amide bonds. The van der Waals surface area contributed by atoms with Gasteiger partial charge in [-0.1, -0.05) is 129 Å². The third-order valence-electron chi connectivity index (χ3n) is 22.9. The van der Waals surface area contributed by atoms with E-state index in [0.29, 0.717) is 92.7 Å². The van der Waals surface area contributed by atoms with Crippen molar-refractivity contribution in [3.63, 3.8) is 0 Å². The summed E-state index contributed by atoms with van der Waals surface area (Å²) in [5.41, 5.74) is -11.3. The summed E-state index contributed by atoms with van der Waals surface area (Å²) in [6.07, 6.45) is -22.3. The molecule has 0 saturated carbocycles. The van der Waals surface area contributed by atoms with Crippen molar-refractivity contribution in [1.29, 1.82) is 0 Å². The van der Waals surface area contributed by atoms with E-state index in [0.717, 1.165) is 11.1 Å². The Bertz CT molecular complexity index is 4990. The Labute approximate surface area is 707 Å². The number of halogens is 18. The number of ether oxygens (including phenoxy) is 4. The van der Waals surface area contributed by atoms with Gasteiger partial charge < -0.3 is 57.8 Å². The molecule has 664 valence electrons. The summed E-state index contributed by atoms with van der Waals surface area (Å²) in [4.78, 5) is 26.4. The molecular weight excluding hydrogens is 1680 g/mol. The number of aromatic nitrogens is 9. The molecule has 3 fully saturated rings. The molecule has 38 heteroatoms. The first-order valence-electron chi connectivity index (χ1n) is 38.5. The molecule has 10 aromatic rings. The SMILES string of the molecule is C.[C-]#[N+]CC1(n2cnnc2)CC[C@@](CO[C@H](C)c2cc(C(F)(F)F)cc(C(F)(F)F)c2)(c2ccccc2)N(C(=O)OCc2ccccc2)C1.[C-]#[N+]C[C@@]1(n2cnnc2)CC[C@@](CO[C@H](C)c2cc(C(F)(F)F)cc(C(F)(F)F)c2)(c2ccccc2)NC1.[C-]#[N+]C[C@]1(n2cnnc2)CC[C@@](CO[C@H](C)c2cc(C(F)(F)F)cc(C(F)(F)F)c2)(c2ccccc2)NC1. The van der Waals surface area contributed by atoms with Crippen LogP contribution in [-0.4, -0.2) is 114 Å². The van der Waals surface area contributed by atoms with Crippen LogP contribution in [0.4, 0.5) is 83.8 Å². The van der Waals surface area contributed by atoms with Crippen molar-refractivity contribution in [2.24, 2.45) is 0 Å². The lowest BCUT2D eigenvalue weighted by Gasteiger charge is -2.52. The lowest BCUT2D eigenvalue weighted by atomic mass is 9.74. The molecule has 3 saturated heterocycles. The molecule has 125 heavy (non-hydrogen) atoms. The Morgan fingerprint density at radius 1 is 0.392 bits per heavy atom. The summed E-state index contributed by atoms with van der Waals surface area (Å²) in [6.45, 7) is 27.3. The molecule has 13 rings (SSSR count). The van der Waals surface area contributed by atoms with Crippen LogP contribution in [0, 0.1) is 19.7 Å². The zero-order valence-electron chi connectivity index (χ0n) is 66.4. The van der Waals surface area contributed by atoms with Crippen molar-refractivity contribution < 1.29 is 103 Å². The van der Waals surface area contributed by atoms with Gasteiger partial charge in [-0.3, -0.25) is 4.90 Å². The molecule has 3 aromatic heterocycles. The van der Waals surface area contributed by atoms with E-state index in [1.165, 1.54) is 38.3 Å². The fraction of sp³-hybridized carbons (Fsp3) is 0.402. The highest BCUT2D eigenvalue weighted by atomic mass is 19.4. The minimum absolute atomic E-state index is 0. The molecule has 7 aromatic carbocycles. The van der Waals surface area contributed by atoms with Gasteiger partial charge in [0.15, 0.2) is 0 Å². The lowest BCUT2D eigenvalue weighted by molar-refractivity contribution is -0.145. The van der Waals surface area contributed by atoms with Crippen LogP contribution in [-0.2, 0) is 95.8 Å². The molecule has 20 nitrogen and oxygen atoms in total. The number of carbonyl (C=O) groups is 1. The average molecular weight is 1760 g/mol. The number of alkyl halides is 18. The summed E-state index contributed by atoms with van der Waals surface area (Å²) >= 11 is 0. The topological polar surface area (TPSA) is 186 Å². The molecule has 0 aliphatic carbocycles. The first kappa shape index (κ1) is 95.5. The number of piperidine rings is 3. The average Bonchev–Trinajstić information content (AvgIpc) is 1.60. The smallest absolute Gasteiger partial charge is 0.416 e. The number of nitrogens with zero attached hydrogens (tertiary/aromatic N) is 13. The predicted molar refractivity (Wildman–Crippen MR) is 419 cm³/mol. The normalized spacial score (nSPS) is 22.0. The summed E-state index contributed by atoms with van der Waals surface area (Å²) in [7, 11) is 0. The fourth-order valence-electron chi connectivity index (χ4n) is 15.6. The quantitative estimate of drug-likeness (QED) is 0.0455. The van der Waals surface area contributed by atoms with E-state index < -0.39 is 128 Å². The van der Waals surface area contributed by atoms with Gasteiger partial charge >= 0.3 is 43.2 Å². The molecule has 0 bridgehead atoms. The van der Waals surface area contributed by atoms with E-state index in [4.69, 9.17) is 38.7 Å². The van der Waals surface area contributed by atoms with Gasteiger partial charge in [-0.25, -0.2) is 24.5 Å². The van der Waals surface area contributed by atoms with E-state index in [1.807, 2.05) is 66.7 Å². The highest BCUT2D eigenvalue weighted by Gasteiger charge is 2.56. The summed E-state index contributed by atoms with van der Waals surface area (Å²) in [5, 5.41) is 30.2. The molecule has 0 spiro atoms. The molecule has 1 unspecified atom stereocenters. The Hall–Kier alpha value is -11.8. The molecule has 3 aliphatic heterocycles. The number of nitrogens with one attached hydrogen (secondary N) is 2. The third-order valence-corrected chi connectivity index (χ3v) is 22.9. The third kappa shape index (κ3) is 22.5. The van der Waals surface area contributed by atoms with Crippen LogP contribution in [0.25, 0.3) is 14.5 Å². The monoisotopic (exact) mass is 1760 g/mol. The summed E-state index contributed by atoms with van der Waals surface area (Å²) in [6, 6.07) is 40.6. The van der Waals surface area contributed by atoms with Crippen molar-refractivity contribution in [3.8, 4) is 0 Å². The van der Waals surface area contributed by atoms with E-state index in [-0.39, 0.29) is 101 Å². The Morgan fingerprint density at radius 3 is 0.968 bits per heavy atom. The van der Waals surface area contributed by atoms with Crippen LogP contribution in [0.3, 0.4) is 0 Å². The first-order chi connectivity index (χ1) is 58.5. The van der Waals surface area contributed by atoms with Crippen molar-refractivity contribution in [2.75, 3.05) is 59.1 Å². The fourth-order valence-corrected chi connectivity index (χ4v) is 15.6. The molecule has 3 aliphatic rings. The zero-order valence-corrected chi connectivity index (χ0v) is 66.4. The van der Waals surface area contributed by atoms with Gasteiger partial charge in [0.05, 0.1) is 94.7 Å². The van der Waals surface area contributed by atoms with Crippen LogP contribution in [0.5, 0.6) is 0 Å². The Morgan fingerprint density at radius 2 is 0.672 bits per heavy atom. The van der Waals surface area contributed by atoms with Crippen LogP contribution in [0.15, 0.2) is 214 Å². The maximum atomic E-state index is 14.1. The first-order valence-corrected chi connectivity index (χ1v) is 38.5. The Kier molecular flexibility index (Phi) is 29.6. The van der Waals surface area contributed by atoms with Crippen LogP contribution in [0.2, 0.25) is 0 Å². The van der Waals surface area contributed by atoms with Crippen molar-refractivity contribution in [3.05, 3.63) is 320 Å². The molecular formula is C87H85F18N15O5. The maximum Gasteiger partial charge on any atom is 0.416 e. The van der Waals surface area contributed by atoms with E-state index >= 15 is 0 Å². The molecule has 9 atom stereocenters. The number of hydrogen-bond donors (Lipinski definition) is 2. The van der Waals surface area contributed by atoms with Gasteiger partial charge in [0.1, 0.15) is 61.2 Å². The summed E-state index contributed by atoms with van der Waals surface area (Å²) < 4.78 is 271. The maximum absolute atomic E-state index is 14.1. The van der Waals surface area contributed by atoms with Crippen molar-refractivity contribution in [2.45, 2.75) is 162 Å². The second-order valence-corrected chi connectivity index (χ2v) is 30.7. The number of likely N-dealkylation sites (tertiary alicyclic amines) is 1. The largest absolute Gasteiger partial charge is 0.445 e. The van der Waals surface area contributed by atoms with Crippen LogP contribution >= 0.6 is 0 Å². The number of carbonyl (C=O) groups excluding carboxylic acids is 1. The number of benzene rings is 7. The van der Waals surface area contributed by atoms with Gasteiger partial charge in [0.25, 0.3) is 0 Å². The lowest BCUT2D eigenvalue weighted by Crippen LogP contribution is -2.63. The van der Waals surface area contributed by atoms with E-state index in [9.17, 15) is 83.8 Å². The highest BCUT2D eigenvalue weighted by molar-refractivity contribution is 5.70. The van der Waals surface area contributed by atoms with Gasteiger partial charge in [-0.2, -0.15) is 79.0 Å². The van der Waals surface area contributed by atoms with Crippen LogP contribution in [0.1, 0.15) is 157 Å². The minimum Gasteiger partial charge on any atom is -0.445 e. The van der Waals surface area contributed by atoms with Crippen LogP contribution < -0.4 is 10.6 Å².